The fourth-order valence-corrected chi connectivity index (χ4v) is 3.35. The molecular weight excluding hydrogens is 283 g/mol. The molecule has 0 aliphatic carbocycles. The van der Waals surface area contributed by atoms with Gasteiger partial charge in [-0.15, -0.1) is 0 Å². The van der Waals surface area contributed by atoms with E-state index in [1.165, 1.54) is 18.6 Å². The summed E-state index contributed by atoms with van der Waals surface area (Å²) in [6.07, 6.45) is 3.54. The van der Waals surface area contributed by atoms with Crippen LogP contribution in [0.15, 0.2) is 18.2 Å². The average Bonchev–Trinajstić information content (AvgIpc) is 2.63. The van der Waals surface area contributed by atoms with Crippen LogP contribution in [0.3, 0.4) is 0 Å². The molecule has 1 heterocycles. The molecule has 2 N–H and O–H groups in total. The average molecular weight is 308 g/mol. The molecule has 2 nitrogen and oxygen atoms in total. The van der Waals surface area contributed by atoms with Crippen LogP contribution in [0.25, 0.3) is 0 Å². The van der Waals surface area contributed by atoms with Gasteiger partial charge >= 0.3 is 0 Å². The van der Waals surface area contributed by atoms with E-state index in [1.54, 1.807) is 6.07 Å². The monoisotopic (exact) mass is 308 g/mol. The fourth-order valence-electron chi connectivity index (χ4n) is 3.18. The highest BCUT2D eigenvalue weighted by atomic mass is 32.1. The Balaban J connectivity index is 2.22. The molecule has 0 radical (unpaired) electrons. The van der Waals surface area contributed by atoms with Gasteiger partial charge in [0.2, 0.25) is 0 Å². The van der Waals surface area contributed by atoms with E-state index in [4.69, 9.17) is 18.0 Å². The third kappa shape index (κ3) is 3.94. The first-order valence-electron chi connectivity index (χ1n) is 7.63. The van der Waals surface area contributed by atoms with Crippen LogP contribution in [0.1, 0.15) is 45.6 Å². The minimum Gasteiger partial charge on any atom is -0.389 e. The van der Waals surface area contributed by atoms with Crippen LogP contribution in [0.5, 0.6) is 0 Å². The molecule has 0 spiro atoms. The Hall–Kier alpha value is -1.16. The van der Waals surface area contributed by atoms with Crippen LogP contribution < -0.4 is 10.6 Å². The van der Waals surface area contributed by atoms with E-state index in [2.05, 4.69) is 25.7 Å². The van der Waals surface area contributed by atoms with Crippen molar-refractivity contribution < 1.29 is 4.39 Å². The van der Waals surface area contributed by atoms with E-state index in [-0.39, 0.29) is 10.8 Å². The lowest BCUT2D eigenvalue weighted by Crippen LogP contribution is -2.28. The first-order chi connectivity index (χ1) is 9.79. The summed E-state index contributed by atoms with van der Waals surface area (Å²) >= 11 is 5.08. The lowest BCUT2D eigenvalue weighted by Gasteiger charge is -2.30. The fraction of sp³-hybridized carbons (Fsp3) is 0.588. The normalized spacial score (nSPS) is 20.2. The summed E-state index contributed by atoms with van der Waals surface area (Å²) in [7, 11) is 0. The molecule has 1 atom stereocenters. The van der Waals surface area contributed by atoms with Crippen molar-refractivity contribution in [2.75, 3.05) is 18.0 Å². The van der Waals surface area contributed by atoms with Gasteiger partial charge in [-0.3, -0.25) is 0 Å². The Morgan fingerprint density at radius 3 is 2.62 bits per heavy atom. The zero-order valence-electron chi connectivity index (χ0n) is 13.2. The van der Waals surface area contributed by atoms with Crippen molar-refractivity contribution in [2.24, 2.45) is 17.1 Å². The third-order valence-electron chi connectivity index (χ3n) is 4.52. The summed E-state index contributed by atoms with van der Waals surface area (Å²) in [6.45, 7) is 8.89. The number of anilines is 1. The Morgan fingerprint density at radius 2 is 2.00 bits per heavy atom. The van der Waals surface area contributed by atoms with Gasteiger partial charge in [0.25, 0.3) is 0 Å². The first kappa shape index (κ1) is 16.2. The van der Waals surface area contributed by atoms with E-state index in [0.717, 1.165) is 37.5 Å². The molecule has 0 saturated carbocycles. The smallest absolute Gasteiger partial charge is 0.124 e. The largest absolute Gasteiger partial charge is 0.389 e. The van der Waals surface area contributed by atoms with Gasteiger partial charge < -0.3 is 10.6 Å². The molecule has 0 bridgehead atoms. The Labute approximate surface area is 132 Å². The van der Waals surface area contributed by atoms with Gasteiger partial charge in [-0.1, -0.05) is 33.0 Å². The summed E-state index contributed by atoms with van der Waals surface area (Å²) in [5.41, 5.74) is 7.72. The molecule has 1 aromatic rings. The molecule has 1 aromatic carbocycles. The molecule has 2 rings (SSSR count). The molecular formula is C17H25FN2S. The second kappa shape index (κ2) is 6.30. The van der Waals surface area contributed by atoms with E-state index in [1.807, 2.05) is 0 Å². The minimum absolute atomic E-state index is 0.265. The summed E-state index contributed by atoms with van der Waals surface area (Å²) in [5, 5.41) is 0. The molecule has 4 heteroatoms. The number of hydrogen-bond acceptors (Lipinski definition) is 2. The maximum absolute atomic E-state index is 13.4. The van der Waals surface area contributed by atoms with Gasteiger partial charge in [0, 0.05) is 24.3 Å². The van der Waals surface area contributed by atoms with Crippen molar-refractivity contribution in [1.29, 1.82) is 0 Å². The van der Waals surface area contributed by atoms with E-state index >= 15 is 0 Å². The number of halogens is 1. The molecule has 1 fully saturated rings. The number of thiocarbonyl (C=S) groups is 1. The number of nitrogens with two attached hydrogens (primary N) is 1. The molecule has 21 heavy (non-hydrogen) atoms. The number of nitrogens with zero attached hydrogens (tertiary/aromatic N) is 1. The zero-order valence-corrected chi connectivity index (χ0v) is 14.0. The summed E-state index contributed by atoms with van der Waals surface area (Å²) < 4.78 is 13.4. The SMILES string of the molecule is CC(C)(C)C1CCCN(c2ccc(F)cc2C(N)=S)CC1. The topological polar surface area (TPSA) is 29.3 Å². The lowest BCUT2D eigenvalue weighted by atomic mass is 9.77. The molecule has 0 aromatic heterocycles. The van der Waals surface area contributed by atoms with Crippen LogP contribution in [0, 0.1) is 17.2 Å². The number of rotatable bonds is 2. The van der Waals surface area contributed by atoms with Crippen molar-refractivity contribution in [3.8, 4) is 0 Å². The maximum atomic E-state index is 13.4. The van der Waals surface area contributed by atoms with Crippen LogP contribution in [-0.2, 0) is 0 Å². The van der Waals surface area contributed by atoms with Crippen molar-refractivity contribution in [3.63, 3.8) is 0 Å². The highest BCUT2D eigenvalue weighted by molar-refractivity contribution is 7.80. The maximum Gasteiger partial charge on any atom is 0.124 e. The van der Waals surface area contributed by atoms with Crippen LogP contribution >= 0.6 is 12.2 Å². The summed E-state index contributed by atoms with van der Waals surface area (Å²) in [6, 6.07) is 4.74. The van der Waals surface area contributed by atoms with Crippen molar-refractivity contribution in [3.05, 3.63) is 29.6 Å². The van der Waals surface area contributed by atoms with E-state index < -0.39 is 0 Å². The molecule has 0 amide bonds. The van der Waals surface area contributed by atoms with Gasteiger partial charge in [-0.2, -0.15) is 0 Å². The standard InChI is InChI=1S/C17H25FN2S/c1-17(2,3)12-5-4-9-20(10-8-12)15-7-6-13(18)11-14(15)16(19)21/h6-7,11-12H,4-5,8-10H2,1-3H3,(H2,19,21). The summed E-state index contributed by atoms with van der Waals surface area (Å²) in [4.78, 5) is 2.57. The first-order valence-corrected chi connectivity index (χ1v) is 8.04. The minimum atomic E-state index is -0.288. The highest BCUT2D eigenvalue weighted by Crippen LogP contribution is 2.35. The lowest BCUT2D eigenvalue weighted by molar-refractivity contribution is 0.220. The Morgan fingerprint density at radius 1 is 1.29 bits per heavy atom. The van der Waals surface area contributed by atoms with E-state index in [0.29, 0.717) is 11.0 Å². The van der Waals surface area contributed by atoms with Crippen LogP contribution in [0.2, 0.25) is 0 Å². The number of hydrogen-bond donors (Lipinski definition) is 1. The van der Waals surface area contributed by atoms with Gasteiger partial charge in [0.15, 0.2) is 0 Å². The Bertz CT molecular complexity index is 522. The van der Waals surface area contributed by atoms with Gasteiger partial charge in [0.05, 0.1) is 0 Å². The molecule has 1 aliphatic heterocycles. The van der Waals surface area contributed by atoms with Crippen molar-refractivity contribution >= 4 is 22.9 Å². The highest BCUT2D eigenvalue weighted by Gasteiger charge is 2.27. The second-order valence-electron chi connectivity index (χ2n) is 7.01. The zero-order chi connectivity index (χ0) is 15.6. The molecule has 1 unspecified atom stereocenters. The predicted molar refractivity (Wildman–Crippen MR) is 91.3 cm³/mol. The molecule has 1 saturated heterocycles. The third-order valence-corrected chi connectivity index (χ3v) is 4.74. The Kier molecular flexibility index (Phi) is 4.87. The van der Waals surface area contributed by atoms with Crippen LogP contribution in [-0.4, -0.2) is 18.1 Å². The second-order valence-corrected chi connectivity index (χ2v) is 7.45. The van der Waals surface area contributed by atoms with Gasteiger partial charge in [0.1, 0.15) is 10.8 Å². The van der Waals surface area contributed by atoms with Gasteiger partial charge in [-0.05, 0) is 48.8 Å². The quantitative estimate of drug-likeness (QED) is 0.834. The summed E-state index contributed by atoms with van der Waals surface area (Å²) in [5.74, 6) is 0.431. The van der Waals surface area contributed by atoms with Crippen molar-refractivity contribution in [2.45, 2.75) is 40.0 Å². The van der Waals surface area contributed by atoms with Crippen LogP contribution in [0.4, 0.5) is 10.1 Å². The molecule has 116 valence electrons. The van der Waals surface area contributed by atoms with Crippen molar-refractivity contribution in [1.82, 2.24) is 0 Å². The number of benzene rings is 1. The van der Waals surface area contributed by atoms with Gasteiger partial charge in [-0.25, -0.2) is 4.39 Å². The predicted octanol–water partition coefficient (Wildman–Crippen LogP) is 4.11. The molecule has 1 aliphatic rings. The van der Waals surface area contributed by atoms with E-state index in [9.17, 15) is 4.39 Å².